The highest BCUT2D eigenvalue weighted by Crippen LogP contribution is 2.41. The molecule has 132 valence electrons. The van der Waals surface area contributed by atoms with Gasteiger partial charge in [-0.15, -0.1) is 11.3 Å². The molecule has 1 aliphatic carbocycles. The molecular weight excluding hydrogens is 332 g/mol. The molecule has 0 spiro atoms. The second-order valence-corrected chi connectivity index (χ2v) is 9.27. The Morgan fingerprint density at radius 2 is 2.16 bits per heavy atom. The minimum atomic E-state index is 0.0839. The van der Waals surface area contributed by atoms with Gasteiger partial charge in [-0.3, -0.25) is 14.0 Å². The van der Waals surface area contributed by atoms with Gasteiger partial charge >= 0.3 is 0 Å². The maximum Gasteiger partial charge on any atom is 0.262 e. The number of hydrogen-bond donors (Lipinski definition) is 0. The van der Waals surface area contributed by atoms with Crippen molar-refractivity contribution < 1.29 is 0 Å². The van der Waals surface area contributed by atoms with E-state index in [1.807, 2.05) is 13.2 Å². The van der Waals surface area contributed by atoms with E-state index in [9.17, 15) is 4.79 Å². The van der Waals surface area contributed by atoms with Crippen LogP contribution in [0.4, 0.5) is 0 Å². The van der Waals surface area contributed by atoms with Crippen LogP contribution in [0.3, 0.4) is 0 Å². The third-order valence-corrected chi connectivity index (χ3v) is 6.53. The molecule has 0 radical (unpaired) electrons. The van der Waals surface area contributed by atoms with Crippen LogP contribution in [-0.4, -0.2) is 19.3 Å². The van der Waals surface area contributed by atoms with Crippen LogP contribution >= 0.6 is 11.3 Å². The molecule has 1 aliphatic rings. The average molecular weight is 356 g/mol. The first-order valence-corrected chi connectivity index (χ1v) is 9.62. The molecule has 5 nitrogen and oxygen atoms in total. The van der Waals surface area contributed by atoms with E-state index in [1.54, 1.807) is 33.1 Å². The van der Waals surface area contributed by atoms with Gasteiger partial charge in [0.05, 0.1) is 24.5 Å². The van der Waals surface area contributed by atoms with Crippen LogP contribution in [0.1, 0.15) is 43.2 Å². The number of rotatable bonds is 2. The summed E-state index contributed by atoms with van der Waals surface area (Å²) in [4.78, 5) is 19.9. The highest BCUT2D eigenvalue weighted by molar-refractivity contribution is 7.18. The number of hydrogen-bond acceptors (Lipinski definition) is 4. The Balaban J connectivity index is 1.74. The first-order valence-electron chi connectivity index (χ1n) is 8.80. The smallest absolute Gasteiger partial charge is 0.262 e. The van der Waals surface area contributed by atoms with Crippen molar-refractivity contribution in [3.63, 3.8) is 0 Å². The summed E-state index contributed by atoms with van der Waals surface area (Å²) in [7, 11) is 1.88. The van der Waals surface area contributed by atoms with Gasteiger partial charge in [-0.05, 0) is 36.2 Å². The van der Waals surface area contributed by atoms with Gasteiger partial charge in [0.25, 0.3) is 5.56 Å². The minimum Gasteiger partial charge on any atom is -0.294 e. The molecular formula is C19H24N4OS. The lowest BCUT2D eigenvalue weighted by atomic mass is 9.72. The third-order valence-electron chi connectivity index (χ3n) is 5.37. The largest absolute Gasteiger partial charge is 0.294 e. The first-order chi connectivity index (χ1) is 11.8. The van der Waals surface area contributed by atoms with E-state index in [1.165, 1.54) is 10.4 Å². The normalized spacial score (nSPS) is 17.8. The van der Waals surface area contributed by atoms with Crippen molar-refractivity contribution in [3.05, 3.63) is 45.1 Å². The number of aromatic nitrogens is 4. The van der Waals surface area contributed by atoms with Gasteiger partial charge in [0, 0.05) is 23.7 Å². The molecule has 0 aliphatic heterocycles. The number of fused-ring (bicyclic) bond motifs is 3. The fourth-order valence-electron chi connectivity index (χ4n) is 3.80. The number of aryl methyl sites for hydroxylation is 2. The molecule has 3 heterocycles. The molecule has 0 bridgehead atoms. The van der Waals surface area contributed by atoms with Crippen LogP contribution in [0, 0.1) is 11.3 Å². The van der Waals surface area contributed by atoms with Crippen molar-refractivity contribution in [1.29, 1.82) is 0 Å². The fraction of sp³-hybridized carbons (Fsp3) is 0.526. The van der Waals surface area contributed by atoms with Crippen molar-refractivity contribution in [2.75, 3.05) is 0 Å². The summed E-state index contributed by atoms with van der Waals surface area (Å²) in [6, 6.07) is 0. The van der Waals surface area contributed by atoms with Gasteiger partial charge in [0.2, 0.25) is 0 Å². The highest BCUT2D eigenvalue weighted by atomic mass is 32.1. The molecule has 25 heavy (non-hydrogen) atoms. The lowest BCUT2D eigenvalue weighted by Crippen LogP contribution is -2.27. The lowest BCUT2D eigenvalue weighted by Gasteiger charge is -2.33. The number of nitrogens with zero attached hydrogens (tertiary/aromatic N) is 4. The molecule has 0 N–H and O–H groups in total. The molecule has 1 atom stereocenters. The minimum absolute atomic E-state index is 0.0839. The molecule has 0 amide bonds. The van der Waals surface area contributed by atoms with Gasteiger partial charge in [-0.2, -0.15) is 5.10 Å². The highest BCUT2D eigenvalue weighted by Gasteiger charge is 2.31. The molecule has 3 aromatic rings. The summed E-state index contributed by atoms with van der Waals surface area (Å²) in [5, 5.41) is 5.03. The van der Waals surface area contributed by atoms with Crippen LogP contribution in [0.15, 0.2) is 23.5 Å². The number of thiophene rings is 1. The SMILES string of the molecule is Cn1cc(Cn2cnc3sc4c(c3c2=O)CCC(C(C)(C)C)C4)cn1. The molecule has 0 fully saturated rings. The van der Waals surface area contributed by atoms with Crippen LogP contribution in [0.2, 0.25) is 0 Å². The van der Waals surface area contributed by atoms with Crippen molar-refractivity contribution >= 4 is 21.6 Å². The van der Waals surface area contributed by atoms with Crippen molar-refractivity contribution in [2.45, 2.75) is 46.6 Å². The van der Waals surface area contributed by atoms with E-state index in [4.69, 9.17) is 0 Å². The maximum absolute atomic E-state index is 13.1. The van der Waals surface area contributed by atoms with Gasteiger partial charge < -0.3 is 0 Å². The molecule has 0 saturated carbocycles. The summed E-state index contributed by atoms with van der Waals surface area (Å²) in [5.41, 5.74) is 2.66. The maximum atomic E-state index is 13.1. The monoisotopic (exact) mass is 356 g/mol. The van der Waals surface area contributed by atoms with Gasteiger partial charge in [0.15, 0.2) is 0 Å². The quantitative estimate of drug-likeness (QED) is 0.707. The zero-order chi connectivity index (χ0) is 17.8. The summed E-state index contributed by atoms with van der Waals surface area (Å²) in [6.45, 7) is 7.46. The molecule has 1 unspecified atom stereocenters. The van der Waals surface area contributed by atoms with Crippen LogP contribution in [0.25, 0.3) is 10.2 Å². The van der Waals surface area contributed by atoms with Crippen molar-refractivity contribution in [2.24, 2.45) is 18.4 Å². The third kappa shape index (κ3) is 2.92. The Labute approximate surface area is 151 Å². The Bertz CT molecular complexity index is 989. The van der Waals surface area contributed by atoms with E-state index in [0.29, 0.717) is 17.9 Å². The summed E-state index contributed by atoms with van der Waals surface area (Å²) < 4.78 is 3.47. The van der Waals surface area contributed by atoms with Crippen LogP contribution < -0.4 is 5.56 Å². The van der Waals surface area contributed by atoms with Crippen molar-refractivity contribution in [3.8, 4) is 0 Å². The van der Waals surface area contributed by atoms with Crippen LogP contribution in [0.5, 0.6) is 0 Å². The van der Waals surface area contributed by atoms with E-state index in [2.05, 4.69) is 30.9 Å². The second-order valence-electron chi connectivity index (χ2n) is 8.19. The van der Waals surface area contributed by atoms with Gasteiger partial charge in [0.1, 0.15) is 4.83 Å². The predicted octanol–water partition coefficient (Wildman–Crippen LogP) is 3.39. The Morgan fingerprint density at radius 1 is 1.36 bits per heavy atom. The van der Waals surface area contributed by atoms with Crippen molar-refractivity contribution in [1.82, 2.24) is 19.3 Å². The van der Waals surface area contributed by atoms with Gasteiger partial charge in [-0.1, -0.05) is 20.8 Å². The summed E-state index contributed by atoms with van der Waals surface area (Å²) in [6.07, 6.45) is 8.63. The van der Waals surface area contributed by atoms with E-state index in [0.717, 1.165) is 35.0 Å². The predicted molar refractivity (Wildman–Crippen MR) is 101 cm³/mol. The van der Waals surface area contributed by atoms with E-state index < -0.39 is 0 Å². The topological polar surface area (TPSA) is 52.7 Å². The first kappa shape index (κ1) is 16.5. The molecule has 6 heteroatoms. The second kappa shape index (κ2) is 5.80. The summed E-state index contributed by atoms with van der Waals surface area (Å²) >= 11 is 1.71. The Morgan fingerprint density at radius 3 is 2.84 bits per heavy atom. The average Bonchev–Trinajstić information content (AvgIpc) is 3.12. The molecule has 4 rings (SSSR count). The Kier molecular flexibility index (Phi) is 3.83. The fourth-order valence-corrected chi connectivity index (χ4v) is 5.06. The van der Waals surface area contributed by atoms with E-state index in [-0.39, 0.29) is 5.56 Å². The zero-order valence-corrected chi connectivity index (χ0v) is 16.1. The lowest BCUT2D eigenvalue weighted by molar-refractivity contribution is 0.218. The molecule has 3 aromatic heterocycles. The molecule has 0 saturated heterocycles. The van der Waals surface area contributed by atoms with Crippen LogP contribution in [-0.2, 0) is 26.4 Å². The van der Waals surface area contributed by atoms with E-state index >= 15 is 0 Å². The standard InChI is InChI=1S/C19H24N4OS/c1-19(2,3)13-5-6-14-15(7-13)25-17-16(14)18(24)23(11-20-17)10-12-8-21-22(4)9-12/h8-9,11,13H,5-7,10H2,1-4H3. The van der Waals surface area contributed by atoms with Gasteiger partial charge in [-0.25, -0.2) is 4.98 Å². The Hall–Kier alpha value is -1.95. The zero-order valence-electron chi connectivity index (χ0n) is 15.2. The summed E-state index contributed by atoms with van der Waals surface area (Å²) in [5.74, 6) is 0.672. The molecule has 0 aromatic carbocycles.